The summed E-state index contributed by atoms with van der Waals surface area (Å²) in [5, 5.41) is 0. The van der Waals surface area contributed by atoms with E-state index in [1.165, 1.54) is 14.0 Å². The van der Waals surface area contributed by atoms with Crippen LogP contribution in [0.4, 0.5) is 13.2 Å². The van der Waals surface area contributed by atoms with Gasteiger partial charge in [-0.25, -0.2) is 4.98 Å². The smallest absolute Gasteiger partial charge is 0.481 e. The number of rotatable bonds is 4. The van der Waals surface area contributed by atoms with Gasteiger partial charge in [0.1, 0.15) is 5.75 Å². The van der Waals surface area contributed by atoms with Crippen molar-refractivity contribution in [2.24, 2.45) is 0 Å². The lowest BCUT2D eigenvalue weighted by molar-refractivity contribution is -0.275. The zero-order valence-corrected chi connectivity index (χ0v) is 10.5. The number of hydrogen-bond acceptors (Lipinski definition) is 5. The number of aromatic nitrogens is 1. The van der Waals surface area contributed by atoms with Crippen molar-refractivity contribution in [1.82, 2.24) is 4.98 Å². The van der Waals surface area contributed by atoms with Gasteiger partial charge in [-0.1, -0.05) is 0 Å². The van der Waals surface area contributed by atoms with E-state index in [0.717, 1.165) is 13.3 Å². The first-order valence-corrected chi connectivity index (χ1v) is 5.13. The Morgan fingerprint density at radius 2 is 2.00 bits per heavy atom. The van der Waals surface area contributed by atoms with Crippen LogP contribution in [0.1, 0.15) is 11.1 Å². The third kappa shape index (κ3) is 4.01. The Hall–Kier alpha value is -1.99. The molecule has 8 heteroatoms. The van der Waals surface area contributed by atoms with E-state index in [4.69, 9.17) is 4.74 Å². The van der Waals surface area contributed by atoms with Gasteiger partial charge >= 0.3 is 12.3 Å². The van der Waals surface area contributed by atoms with Crippen LogP contribution in [0.3, 0.4) is 0 Å². The normalized spacial score (nSPS) is 11.1. The lowest BCUT2D eigenvalue weighted by atomic mass is 10.1. The van der Waals surface area contributed by atoms with Crippen LogP contribution in [-0.4, -0.2) is 31.5 Å². The molecular weight excluding hydrogens is 267 g/mol. The molecule has 1 heterocycles. The summed E-state index contributed by atoms with van der Waals surface area (Å²) in [6, 6.07) is 0. The molecule has 0 unspecified atom stereocenters. The van der Waals surface area contributed by atoms with Gasteiger partial charge in [0, 0.05) is 11.8 Å². The minimum atomic E-state index is -4.87. The van der Waals surface area contributed by atoms with Gasteiger partial charge in [0.25, 0.3) is 0 Å². The number of halogens is 3. The Balaban J connectivity index is 3.22. The largest absolute Gasteiger partial charge is 0.573 e. The molecule has 0 saturated carbocycles. The quantitative estimate of drug-likeness (QED) is 0.789. The van der Waals surface area contributed by atoms with E-state index >= 15 is 0 Å². The van der Waals surface area contributed by atoms with Crippen LogP contribution in [0, 0.1) is 6.92 Å². The molecule has 5 nitrogen and oxygen atoms in total. The Bertz CT molecular complexity index is 474. The van der Waals surface area contributed by atoms with Crippen LogP contribution in [0.5, 0.6) is 11.6 Å². The molecule has 0 aromatic carbocycles. The molecule has 0 fully saturated rings. The number of esters is 1. The van der Waals surface area contributed by atoms with Crippen molar-refractivity contribution in [3.05, 3.63) is 17.3 Å². The van der Waals surface area contributed by atoms with E-state index in [2.05, 4.69) is 14.5 Å². The van der Waals surface area contributed by atoms with E-state index in [1.54, 1.807) is 0 Å². The summed E-state index contributed by atoms with van der Waals surface area (Å²) in [6.07, 6.45) is -4.16. The predicted molar refractivity (Wildman–Crippen MR) is 57.9 cm³/mol. The molecule has 0 aliphatic rings. The summed E-state index contributed by atoms with van der Waals surface area (Å²) in [5.41, 5.74) is 0.0312. The number of pyridine rings is 1. The average Bonchev–Trinajstić information content (AvgIpc) is 2.32. The van der Waals surface area contributed by atoms with E-state index in [-0.39, 0.29) is 23.4 Å². The zero-order valence-electron chi connectivity index (χ0n) is 10.5. The Morgan fingerprint density at radius 3 is 2.47 bits per heavy atom. The molecule has 1 aromatic heterocycles. The molecule has 0 N–H and O–H groups in total. The van der Waals surface area contributed by atoms with Gasteiger partial charge in [-0.15, -0.1) is 13.2 Å². The Labute approximate surface area is 107 Å². The van der Waals surface area contributed by atoms with Crippen molar-refractivity contribution >= 4 is 5.97 Å². The number of carbonyl (C=O) groups is 1. The number of carbonyl (C=O) groups excluding carboxylic acids is 1. The minimum Gasteiger partial charge on any atom is -0.481 e. The predicted octanol–water partition coefficient (Wildman–Crippen LogP) is 2.01. The molecule has 0 aliphatic heterocycles. The van der Waals surface area contributed by atoms with Crippen molar-refractivity contribution < 1.29 is 32.2 Å². The first kappa shape index (κ1) is 15.1. The highest BCUT2D eigenvalue weighted by Crippen LogP contribution is 2.34. The maximum Gasteiger partial charge on any atom is 0.573 e. The highest BCUT2D eigenvalue weighted by Gasteiger charge is 2.34. The molecule has 0 bridgehead atoms. The summed E-state index contributed by atoms with van der Waals surface area (Å²) in [7, 11) is 2.41. The average molecular weight is 279 g/mol. The fourth-order valence-electron chi connectivity index (χ4n) is 1.45. The fraction of sp³-hybridized carbons (Fsp3) is 0.455. The van der Waals surface area contributed by atoms with E-state index in [9.17, 15) is 18.0 Å². The minimum absolute atomic E-state index is 0.00661. The summed E-state index contributed by atoms with van der Waals surface area (Å²) >= 11 is 0. The van der Waals surface area contributed by atoms with Gasteiger partial charge in [-0.3, -0.25) is 4.79 Å². The number of hydrogen-bond donors (Lipinski definition) is 0. The standard InChI is InChI=1S/C11H12F3NO4/c1-6-9(19-11(12,13)14)7(4-8(16)17-2)5-15-10(6)18-3/h5H,4H2,1-3H3. The molecule has 0 radical (unpaired) electrons. The highest BCUT2D eigenvalue weighted by molar-refractivity contribution is 5.73. The van der Waals surface area contributed by atoms with Gasteiger partial charge < -0.3 is 14.2 Å². The van der Waals surface area contributed by atoms with Gasteiger partial charge in [-0.2, -0.15) is 0 Å². The third-order valence-electron chi connectivity index (χ3n) is 2.26. The van der Waals surface area contributed by atoms with Crippen LogP contribution in [0.15, 0.2) is 6.20 Å². The van der Waals surface area contributed by atoms with Gasteiger partial charge in [0.05, 0.1) is 26.2 Å². The number of nitrogens with zero attached hydrogens (tertiary/aromatic N) is 1. The number of methoxy groups -OCH3 is 2. The first-order chi connectivity index (χ1) is 8.78. The molecule has 1 rings (SSSR count). The lowest BCUT2D eigenvalue weighted by Gasteiger charge is -2.16. The SMILES string of the molecule is COC(=O)Cc1cnc(OC)c(C)c1OC(F)(F)F. The van der Waals surface area contributed by atoms with Crippen molar-refractivity contribution in [2.45, 2.75) is 19.7 Å². The lowest BCUT2D eigenvalue weighted by Crippen LogP contribution is -2.20. The van der Waals surface area contributed by atoms with Crippen LogP contribution in [0.25, 0.3) is 0 Å². The number of ether oxygens (including phenoxy) is 3. The maximum absolute atomic E-state index is 12.4. The summed E-state index contributed by atoms with van der Waals surface area (Å²) in [6.45, 7) is 1.35. The van der Waals surface area contributed by atoms with E-state index in [1.807, 2.05) is 0 Å². The number of alkyl halides is 3. The maximum atomic E-state index is 12.4. The molecule has 0 aliphatic carbocycles. The van der Waals surface area contributed by atoms with Crippen LogP contribution >= 0.6 is 0 Å². The molecule has 0 amide bonds. The first-order valence-electron chi connectivity index (χ1n) is 5.13. The van der Waals surface area contributed by atoms with Crippen LogP contribution in [-0.2, 0) is 16.0 Å². The van der Waals surface area contributed by atoms with Gasteiger partial charge in [0.2, 0.25) is 5.88 Å². The van der Waals surface area contributed by atoms with Crippen molar-refractivity contribution in [1.29, 1.82) is 0 Å². The Morgan fingerprint density at radius 1 is 1.37 bits per heavy atom. The zero-order chi connectivity index (χ0) is 14.6. The molecule has 0 spiro atoms. The van der Waals surface area contributed by atoms with Crippen molar-refractivity contribution in [2.75, 3.05) is 14.2 Å². The van der Waals surface area contributed by atoms with E-state index < -0.39 is 18.1 Å². The molecular formula is C11H12F3NO4. The second-order valence-electron chi connectivity index (χ2n) is 3.55. The molecule has 19 heavy (non-hydrogen) atoms. The van der Waals surface area contributed by atoms with E-state index in [0.29, 0.717) is 0 Å². The summed E-state index contributed by atoms with van der Waals surface area (Å²) < 4.78 is 50.2. The van der Waals surface area contributed by atoms with Crippen molar-refractivity contribution in [3.8, 4) is 11.6 Å². The molecule has 0 saturated heterocycles. The molecule has 1 aromatic rings. The van der Waals surface area contributed by atoms with Crippen molar-refractivity contribution in [3.63, 3.8) is 0 Å². The molecule has 0 atom stereocenters. The monoisotopic (exact) mass is 279 g/mol. The topological polar surface area (TPSA) is 57.7 Å². The summed E-state index contributed by atoms with van der Waals surface area (Å²) in [4.78, 5) is 14.9. The van der Waals surface area contributed by atoms with Gasteiger partial charge in [0.15, 0.2) is 0 Å². The Kier molecular flexibility index (Phi) is 4.57. The van der Waals surface area contributed by atoms with Crippen LogP contribution < -0.4 is 9.47 Å². The fourth-order valence-corrected chi connectivity index (χ4v) is 1.45. The molecule has 106 valence electrons. The second-order valence-corrected chi connectivity index (χ2v) is 3.55. The summed E-state index contributed by atoms with van der Waals surface area (Å²) in [5.74, 6) is -1.20. The second kappa shape index (κ2) is 5.77. The highest BCUT2D eigenvalue weighted by atomic mass is 19.4. The third-order valence-corrected chi connectivity index (χ3v) is 2.26. The van der Waals surface area contributed by atoms with Crippen LogP contribution in [0.2, 0.25) is 0 Å². The van der Waals surface area contributed by atoms with Gasteiger partial charge in [-0.05, 0) is 6.92 Å².